The first kappa shape index (κ1) is 15.9. The third-order valence-electron chi connectivity index (χ3n) is 3.23. The lowest BCUT2D eigenvalue weighted by Crippen LogP contribution is -2.05. The third kappa shape index (κ3) is 3.81. The van der Waals surface area contributed by atoms with E-state index in [0.717, 1.165) is 29.1 Å². The Morgan fingerprint density at radius 3 is 2.23 bits per heavy atom. The van der Waals surface area contributed by atoms with Gasteiger partial charge in [-0.3, -0.25) is 0 Å². The van der Waals surface area contributed by atoms with E-state index in [2.05, 4.69) is 10.6 Å². The lowest BCUT2D eigenvalue weighted by molar-refractivity contribution is -0.137. The molecule has 116 valence electrons. The molecular weight excluding hydrogens is 289 g/mol. The Morgan fingerprint density at radius 2 is 1.68 bits per heavy atom. The summed E-state index contributed by atoms with van der Waals surface area (Å²) in [4.78, 5) is 0. The maximum atomic E-state index is 12.5. The van der Waals surface area contributed by atoms with E-state index in [4.69, 9.17) is 0 Å². The molecule has 0 bridgehead atoms. The van der Waals surface area contributed by atoms with Crippen molar-refractivity contribution >= 4 is 17.1 Å². The van der Waals surface area contributed by atoms with Gasteiger partial charge in [0.2, 0.25) is 0 Å². The Labute approximate surface area is 127 Å². The number of alkyl halides is 3. The van der Waals surface area contributed by atoms with Crippen LogP contribution < -0.4 is 10.6 Å². The summed E-state index contributed by atoms with van der Waals surface area (Å²) in [5.41, 5.74) is 2.75. The maximum absolute atomic E-state index is 12.5. The number of halogens is 3. The molecule has 2 nitrogen and oxygen atoms in total. The van der Waals surface area contributed by atoms with Gasteiger partial charge in [0.05, 0.1) is 5.56 Å². The summed E-state index contributed by atoms with van der Waals surface area (Å²) >= 11 is 0. The van der Waals surface area contributed by atoms with Crippen LogP contribution in [0.15, 0.2) is 54.6 Å². The van der Waals surface area contributed by atoms with Crippen LogP contribution in [0.3, 0.4) is 0 Å². The van der Waals surface area contributed by atoms with Crippen LogP contribution in [0.2, 0.25) is 0 Å². The molecule has 0 radical (unpaired) electrons. The topological polar surface area (TPSA) is 24.1 Å². The first-order valence-corrected chi connectivity index (χ1v) is 6.83. The van der Waals surface area contributed by atoms with Gasteiger partial charge in [-0.15, -0.1) is 0 Å². The fourth-order valence-electron chi connectivity index (χ4n) is 2.13. The van der Waals surface area contributed by atoms with Gasteiger partial charge in [0, 0.05) is 24.1 Å². The van der Waals surface area contributed by atoms with Crippen LogP contribution in [-0.2, 0) is 6.18 Å². The van der Waals surface area contributed by atoms with E-state index in [1.54, 1.807) is 0 Å². The van der Waals surface area contributed by atoms with Crippen LogP contribution in [0.1, 0.15) is 18.1 Å². The molecule has 0 aliphatic carbocycles. The predicted molar refractivity (Wildman–Crippen MR) is 83.9 cm³/mol. The molecule has 0 saturated heterocycles. The zero-order valence-electron chi connectivity index (χ0n) is 12.3. The van der Waals surface area contributed by atoms with E-state index < -0.39 is 11.7 Å². The number of anilines is 2. The molecular formula is C17H17F3N2. The second kappa shape index (κ2) is 6.56. The third-order valence-corrected chi connectivity index (χ3v) is 3.23. The molecule has 2 rings (SSSR count). The molecule has 2 aromatic rings. The fraction of sp³-hybridized carbons (Fsp3) is 0.176. The Bertz CT molecular complexity index is 658. The highest BCUT2D eigenvalue weighted by atomic mass is 19.4. The largest absolute Gasteiger partial charge is 0.416 e. The van der Waals surface area contributed by atoms with Crippen molar-refractivity contribution in [2.75, 3.05) is 12.4 Å². The molecule has 0 aliphatic rings. The molecule has 0 amide bonds. The fourth-order valence-corrected chi connectivity index (χ4v) is 2.13. The van der Waals surface area contributed by atoms with Crippen molar-refractivity contribution in [2.24, 2.45) is 0 Å². The van der Waals surface area contributed by atoms with Gasteiger partial charge < -0.3 is 10.6 Å². The SMILES string of the molecule is C/C=C(\NC)c1cccc(Nc2ccc(C(F)(F)F)cc2)c1. The van der Waals surface area contributed by atoms with E-state index >= 15 is 0 Å². The number of nitrogens with one attached hydrogen (secondary N) is 2. The quantitative estimate of drug-likeness (QED) is 0.828. The van der Waals surface area contributed by atoms with Gasteiger partial charge >= 0.3 is 6.18 Å². The molecule has 0 atom stereocenters. The Balaban J connectivity index is 2.19. The second-order valence-electron chi connectivity index (χ2n) is 4.73. The van der Waals surface area contributed by atoms with Gasteiger partial charge in [-0.1, -0.05) is 18.2 Å². The predicted octanol–water partition coefficient (Wildman–Crippen LogP) is 5.03. The molecule has 0 heterocycles. The van der Waals surface area contributed by atoms with Gasteiger partial charge in [0.1, 0.15) is 0 Å². The monoisotopic (exact) mass is 306 g/mol. The normalized spacial score (nSPS) is 12.1. The molecule has 0 aromatic heterocycles. The standard InChI is InChI=1S/C17H17F3N2/c1-3-16(21-2)12-5-4-6-15(11-12)22-14-9-7-13(8-10-14)17(18,19)20/h3-11,21-22H,1-2H3/b16-3-. The van der Waals surface area contributed by atoms with Crippen molar-refractivity contribution in [3.05, 3.63) is 65.7 Å². The molecule has 0 saturated carbocycles. The summed E-state index contributed by atoms with van der Waals surface area (Å²) in [7, 11) is 1.84. The number of benzene rings is 2. The van der Waals surface area contributed by atoms with Crippen molar-refractivity contribution in [1.82, 2.24) is 5.32 Å². The highest BCUT2D eigenvalue weighted by molar-refractivity contribution is 5.69. The molecule has 0 fully saturated rings. The van der Waals surface area contributed by atoms with Crippen molar-refractivity contribution in [2.45, 2.75) is 13.1 Å². The Hall–Kier alpha value is -2.43. The van der Waals surface area contributed by atoms with Crippen molar-refractivity contribution in [1.29, 1.82) is 0 Å². The number of rotatable bonds is 4. The summed E-state index contributed by atoms with van der Waals surface area (Å²) in [5.74, 6) is 0. The van der Waals surface area contributed by atoms with Crippen molar-refractivity contribution < 1.29 is 13.2 Å². The smallest absolute Gasteiger partial charge is 0.388 e. The molecule has 22 heavy (non-hydrogen) atoms. The minimum atomic E-state index is -4.31. The lowest BCUT2D eigenvalue weighted by atomic mass is 10.1. The van der Waals surface area contributed by atoms with Gasteiger partial charge in [0.25, 0.3) is 0 Å². The number of allylic oxidation sites excluding steroid dienone is 1. The Morgan fingerprint density at radius 1 is 1.00 bits per heavy atom. The van der Waals surface area contributed by atoms with E-state index in [0.29, 0.717) is 5.69 Å². The average Bonchev–Trinajstić information content (AvgIpc) is 2.48. The summed E-state index contributed by atoms with van der Waals surface area (Å²) in [6.45, 7) is 1.93. The summed E-state index contributed by atoms with van der Waals surface area (Å²) < 4.78 is 37.6. The molecule has 0 aliphatic heterocycles. The van der Waals surface area contributed by atoms with Crippen LogP contribution in [0, 0.1) is 0 Å². The molecule has 2 N–H and O–H groups in total. The van der Waals surface area contributed by atoms with E-state index in [1.165, 1.54) is 12.1 Å². The maximum Gasteiger partial charge on any atom is 0.416 e. The highest BCUT2D eigenvalue weighted by Crippen LogP contribution is 2.30. The number of hydrogen-bond donors (Lipinski definition) is 2. The zero-order chi connectivity index (χ0) is 16.2. The lowest BCUT2D eigenvalue weighted by Gasteiger charge is -2.12. The van der Waals surface area contributed by atoms with Crippen LogP contribution in [0.25, 0.3) is 5.70 Å². The van der Waals surface area contributed by atoms with Crippen LogP contribution in [0.4, 0.5) is 24.5 Å². The van der Waals surface area contributed by atoms with Crippen molar-refractivity contribution in [3.63, 3.8) is 0 Å². The van der Waals surface area contributed by atoms with Crippen molar-refractivity contribution in [3.8, 4) is 0 Å². The minimum Gasteiger partial charge on any atom is -0.388 e. The van der Waals surface area contributed by atoms with E-state index in [-0.39, 0.29) is 0 Å². The Kier molecular flexibility index (Phi) is 4.75. The minimum absolute atomic E-state index is 0.608. The van der Waals surface area contributed by atoms with E-state index in [9.17, 15) is 13.2 Å². The first-order chi connectivity index (χ1) is 10.4. The van der Waals surface area contributed by atoms with E-state index in [1.807, 2.05) is 44.3 Å². The average molecular weight is 306 g/mol. The van der Waals surface area contributed by atoms with Gasteiger partial charge in [0.15, 0.2) is 0 Å². The van der Waals surface area contributed by atoms with Gasteiger partial charge in [-0.2, -0.15) is 13.2 Å². The molecule has 2 aromatic carbocycles. The summed E-state index contributed by atoms with van der Waals surface area (Å²) in [6, 6.07) is 12.6. The van der Waals surface area contributed by atoms with Gasteiger partial charge in [-0.25, -0.2) is 0 Å². The summed E-state index contributed by atoms with van der Waals surface area (Å²) in [6.07, 6.45) is -2.36. The number of hydrogen-bond acceptors (Lipinski definition) is 2. The highest BCUT2D eigenvalue weighted by Gasteiger charge is 2.29. The van der Waals surface area contributed by atoms with Crippen LogP contribution >= 0.6 is 0 Å². The second-order valence-corrected chi connectivity index (χ2v) is 4.73. The zero-order valence-corrected chi connectivity index (χ0v) is 12.3. The first-order valence-electron chi connectivity index (χ1n) is 6.83. The molecule has 0 spiro atoms. The van der Waals surface area contributed by atoms with Crippen LogP contribution in [-0.4, -0.2) is 7.05 Å². The van der Waals surface area contributed by atoms with Crippen LogP contribution in [0.5, 0.6) is 0 Å². The van der Waals surface area contributed by atoms with Gasteiger partial charge in [-0.05, 0) is 48.9 Å². The molecule has 5 heteroatoms. The summed E-state index contributed by atoms with van der Waals surface area (Å²) in [5, 5.41) is 6.20. The molecule has 0 unspecified atom stereocenters.